The highest BCUT2D eigenvalue weighted by Gasteiger charge is 2.22. The van der Waals surface area contributed by atoms with E-state index in [2.05, 4.69) is 10.3 Å². The molecule has 0 aliphatic heterocycles. The fourth-order valence-corrected chi connectivity index (χ4v) is 2.33. The summed E-state index contributed by atoms with van der Waals surface area (Å²) < 4.78 is 5.51. The lowest BCUT2D eigenvalue weighted by atomic mass is 9.94. The lowest BCUT2D eigenvalue weighted by Crippen LogP contribution is -2.26. The molecule has 0 aliphatic carbocycles. The SMILES string of the molecule is C[C@H](NC(=O)c1ncc(C(C)(C)C)o1)c1cccs1. The number of carbonyl (C=O) groups is 1. The molecule has 5 heteroatoms. The van der Waals surface area contributed by atoms with E-state index in [1.807, 2.05) is 45.2 Å². The maximum atomic E-state index is 12.0. The first kappa shape index (κ1) is 13.8. The van der Waals surface area contributed by atoms with Crippen molar-refractivity contribution in [2.75, 3.05) is 0 Å². The molecule has 102 valence electrons. The van der Waals surface area contributed by atoms with E-state index >= 15 is 0 Å². The van der Waals surface area contributed by atoms with E-state index in [0.717, 1.165) is 4.88 Å². The molecule has 0 spiro atoms. The summed E-state index contributed by atoms with van der Waals surface area (Å²) >= 11 is 1.61. The molecule has 2 rings (SSSR count). The minimum Gasteiger partial charge on any atom is -0.437 e. The van der Waals surface area contributed by atoms with Crippen LogP contribution in [0.2, 0.25) is 0 Å². The Labute approximate surface area is 116 Å². The zero-order valence-electron chi connectivity index (χ0n) is 11.6. The normalized spacial score (nSPS) is 13.3. The molecule has 1 N–H and O–H groups in total. The number of hydrogen-bond acceptors (Lipinski definition) is 4. The fourth-order valence-electron chi connectivity index (χ4n) is 1.59. The van der Waals surface area contributed by atoms with Crippen molar-refractivity contribution in [1.82, 2.24) is 10.3 Å². The van der Waals surface area contributed by atoms with Gasteiger partial charge in [0.1, 0.15) is 5.76 Å². The van der Waals surface area contributed by atoms with E-state index in [1.54, 1.807) is 17.5 Å². The summed E-state index contributed by atoms with van der Waals surface area (Å²) in [5, 5.41) is 4.87. The Balaban J connectivity index is 2.06. The number of hydrogen-bond donors (Lipinski definition) is 1. The van der Waals surface area contributed by atoms with E-state index in [4.69, 9.17) is 4.42 Å². The van der Waals surface area contributed by atoms with Gasteiger partial charge in [0.05, 0.1) is 12.2 Å². The van der Waals surface area contributed by atoms with E-state index in [0.29, 0.717) is 5.76 Å². The third-order valence-electron chi connectivity index (χ3n) is 2.76. The predicted molar refractivity (Wildman–Crippen MR) is 75.4 cm³/mol. The Bertz CT molecular complexity index is 552. The van der Waals surface area contributed by atoms with Gasteiger partial charge in [-0.25, -0.2) is 4.98 Å². The third kappa shape index (κ3) is 3.23. The van der Waals surface area contributed by atoms with Gasteiger partial charge in [-0.2, -0.15) is 0 Å². The van der Waals surface area contributed by atoms with Crippen LogP contribution >= 0.6 is 11.3 Å². The van der Waals surface area contributed by atoms with Crippen molar-refractivity contribution < 1.29 is 9.21 Å². The number of nitrogens with one attached hydrogen (secondary N) is 1. The van der Waals surface area contributed by atoms with Crippen LogP contribution in [0.1, 0.15) is 55.1 Å². The van der Waals surface area contributed by atoms with Crippen LogP contribution < -0.4 is 5.32 Å². The second-order valence-corrected chi connectivity index (χ2v) is 6.47. The molecule has 0 fully saturated rings. The number of oxazole rings is 1. The Morgan fingerprint density at radius 2 is 2.21 bits per heavy atom. The molecule has 0 unspecified atom stereocenters. The second-order valence-electron chi connectivity index (χ2n) is 5.49. The summed E-state index contributed by atoms with van der Waals surface area (Å²) in [6, 6.07) is 3.91. The lowest BCUT2D eigenvalue weighted by Gasteiger charge is -2.13. The van der Waals surface area contributed by atoms with Gasteiger partial charge in [-0.05, 0) is 18.4 Å². The first-order valence-corrected chi connectivity index (χ1v) is 7.06. The van der Waals surface area contributed by atoms with Crippen molar-refractivity contribution in [3.8, 4) is 0 Å². The molecule has 0 bridgehead atoms. The van der Waals surface area contributed by atoms with Gasteiger partial charge in [0.15, 0.2) is 0 Å². The van der Waals surface area contributed by atoms with Crippen LogP contribution in [0.5, 0.6) is 0 Å². The summed E-state index contributed by atoms with van der Waals surface area (Å²) in [5.41, 5.74) is -0.148. The first-order chi connectivity index (χ1) is 8.88. The smallest absolute Gasteiger partial charge is 0.307 e. The summed E-state index contributed by atoms with van der Waals surface area (Å²) in [5.74, 6) is 0.547. The lowest BCUT2D eigenvalue weighted by molar-refractivity contribution is 0.0902. The van der Waals surface area contributed by atoms with Crippen LogP contribution in [0.3, 0.4) is 0 Å². The van der Waals surface area contributed by atoms with Crippen molar-refractivity contribution in [2.24, 2.45) is 0 Å². The third-order valence-corrected chi connectivity index (χ3v) is 3.81. The topological polar surface area (TPSA) is 55.1 Å². The zero-order valence-corrected chi connectivity index (χ0v) is 12.4. The van der Waals surface area contributed by atoms with Gasteiger partial charge < -0.3 is 9.73 Å². The Morgan fingerprint density at radius 3 is 2.74 bits per heavy atom. The van der Waals surface area contributed by atoms with Gasteiger partial charge in [-0.1, -0.05) is 26.8 Å². The first-order valence-electron chi connectivity index (χ1n) is 6.18. The number of amides is 1. The molecule has 1 amide bonds. The average Bonchev–Trinajstić information content (AvgIpc) is 3.00. The standard InChI is InChI=1S/C14H18N2O2S/c1-9(10-6-5-7-19-10)16-12(17)13-15-8-11(18-13)14(2,3)4/h5-9H,1-4H3,(H,16,17)/t9-/m0/s1. The number of nitrogens with zero attached hydrogens (tertiary/aromatic N) is 1. The molecule has 0 saturated carbocycles. The Hall–Kier alpha value is -1.62. The molecule has 2 aromatic rings. The molecule has 0 aliphatic rings. The fraction of sp³-hybridized carbons (Fsp3) is 0.429. The summed E-state index contributed by atoms with van der Waals surface area (Å²) in [6.45, 7) is 7.99. The van der Waals surface area contributed by atoms with E-state index in [1.165, 1.54) is 0 Å². The second kappa shape index (κ2) is 5.17. The van der Waals surface area contributed by atoms with Crippen LogP contribution in [0.15, 0.2) is 28.1 Å². The molecule has 0 aromatic carbocycles. The monoisotopic (exact) mass is 278 g/mol. The highest BCUT2D eigenvalue weighted by molar-refractivity contribution is 7.10. The van der Waals surface area contributed by atoms with Crippen LogP contribution in [-0.2, 0) is 5.41 Å². The number of thiophene rings is 1. The minimum atomic E-state index is -0.281. The Morgan fingerprint density at radius 1 is 1.47 bits per heavy atom. The van der Waals surface area contributed by atoms with Gasteiger partial charge in [-0.15, -0.1) is 11.3 Å². The summed E-state index contributed by atoms with van der Waals surface area (Å²) in [6.07, 6.45) is 1.62. The van der Waals surface area contributed by atoms with Crippen LogP contribution in [0.25, 0.3) is 0 Å². The number of aromatic nitrogens is 1. The number of rotatable bonds is 3. The predicted octanol–water partition coefficient (Wildman–Crippen LogP) is 3.52. The van der Waals surface area contributed by atoms with Crippen LogP contribution in [0, 0.1) is 0 Å². The maximum Gasteiger partial charge on any atom is 0.307 e. The maximum absolute atomic E-state index is 12.0. The van der Waals surface area contributed by atoms with Crippen molar-refractivity contribution in [3.05, 3.63) is 40.2 Å². The summed E-state index contributed by atoms with van der Waals surface area (Å²) in [4.78, 5) is 17.2. The van der Waals surface area contributed by atoms with E-state index in [9.17, 15) is 4.79 Å². The van der Waals surface area contributed by atoms with Gasteiger partial charge >= 0.3 is 5.91 Å². The molecule has 1 atom stereocenters. The van der Waals surface area contributed by atoms with Gasteiger partial charge in [0.25, 0.3) is 5.89 Å². The van der Waals surface area contributed by atoms with E-state index < -0.39 is 0 Å². The van der Waals surface area contributed by atoms with Gasteiger partial charge in [-0.3, -0.25) is 4.79 Å². The van der Waals surface area contributed by atoms with E-state index in [-0.39, 0.29) is 23.3 Å². The zero-order chi connectivity index (χ0) is 14.0. The molecule has 2 aromatic heterocycles. The van der Waals surface area contributed by atoms with Crippen molar-refractivity contribution in [1.29, 1.82) is 0 Å². The minimum absolute atomic E-state index is 0.0440. The van der Waals surface area contributed by atoms with Crippen molar-refractivity contribution in [3.63, 3.8) is 0 Å². The molecule has 4 nitrogen and oxygen atoms in total. The molecule has 19 heavy (non-hydrogen) atoms. The molecular weight excluding hydrogens is 260 g/mol. The number of carbonyl (C=O) groups excluding carboxylic acids is 1. The Kier molecular flexibility index (Phi) is 3.75. The molecule has 0 saturated heterocycles. The van der Waals surface area contributed by atoms with Crippen molar-refractivity contribution in [2.45, 2.75) is 39.2 Å². The van der Waals surface area contributed by atoms with Gasteiger partial charge in [0, 0.05) is 10.3 Å². The highest BCUT2D eigenvalue weighted by atomic mass is 32.1. The average molecular weight is 278 g/mol. The van der Waals surface area contributed by atoms with Crippen molar-refractivity contribution >= 4 is 17.2 Å². The molecular formula is C14H18N2O2S. The highest BCUT2D eigenvalue weighted by Crippen LogP contribution is 2.23. The van der Waals surface area contributed by atoms with Crippen LogP contribution in [0.4, 0.5) is 0 Å². The molecule has 2 heterocycles. The molecule has 0 radical (unpaired) electrons. The van der Waals surface area contributed by atoms with Gasteiger partial charge in [0.2, 0.25) is 0 Å². The quantitative estimate of drug-likeness (QED) is 0.934. The largest absolute Gasteiger partial charge is 0.437 e. The van der Waals surface area contributed by atoms with Crippen LogP contribution in [-0.4, -0.2) is 10.9 Å². The summed E-state index contributed by atoms with van der Waals surface area (Å²) in [7, 11) is 0.